The lowest BCUT2D eigenvalue weighted by atomic mass is 10.1. The van der Waals surface area contributed by atoms with Crippen LogP contribution in [0.3, 0.4) is 0 Å². The molecule has 3 unspecified atom stereocenters. The second-order valence-electron chi connectivity index (χ2n) is 5.63. The van der Waals surface area contributed by atoms with Crippen LogP contribution in [0.2, 0.25) is 0 Å². The van der Waals surface area contributed by atoms with Gasteiger partial charge in [0, 0.05) is 9.13 Å². The number of imidazole rings is 1. The molecule has 0 aromatic carbocycles. The van der Waals surface area contributed by atoms with Crippen molar-refractivity contribution in [3.63, 3.8) is 0 Å². The van der Waals surface area contributed by atoms with Gasteiger partial charge in [0.25, 0.3) is 0 Å². The summed E-state index contributed by atoms with van der Waals surface area (Å²) in [5.74, 6) is 0.0711. The lowest BCUT2D eigenvalue weighted by molar-refractivity contribution is -0.149. The zero-order chi connectivity index (χ0) is 21.1. The molecule has 7 atom stereocenters. The molecule has 5 N–H and O–H groups in total. The molecule has 0 aliphatic carbocycles. The molecule has 2 aromatic heterocycles. The van der Waals surface area contributed by atoms with E-state index in [-0.39, 0.29) is 30.2 Å². The van der Waals surface area contributed by atoms with Crippen LogP contribution in [0.5, 0.6) is 0 Å². The van der Waals surface area contributed by atoms with Gasteiger partial charge in [0.2, 0.25) is 6.29 Å². The third-order valence-electron chi connectivity index (χ3n) is 3.85. The molecule has 2 aromatic rings. The molecule has 0 spiro atoms. The number of hydrogen-bond donors (Lipinski definition) is 4. The van der Waals surface area contributed by atoms with E-state index in [9.17, 15) is 23.7 Å². The van der Waals surface area contributed by atoms with Gasteiger partial charge in [0.05, 0.1) is 6.33 Å². The molecule has 158 valence electrons. The maximum absolute atomic E-state index is 14.5. The molecule has 0 saturated carbocycles. The van der Waals surface area contributed by atoms with Gasteiger partial charge in [-0.05, 0) is 0 Å². The summed E-state index contributed by atoms with van der Waals surface area (Å²) >= 11 is 0. The van der Waals surface area contributed by atoms with Gasteiger partial charge in [-0.25, -0.2) is 19.3 Å². The van der Waals surface area contributed by atoms with Crippen molar-refractivity contribution < 1.29 is 46.9 Å². The fourth-order valence-corrected chi connectivity index (χ4v) is 3.40. The summed E-state index contributed by atoms with van der Waals surface area (Å²) in [5.41, 5.74) is 6.06. The van der Waals surface area contributed by atoms with E-state index < -0.39 is 47.4 Å². The largest absolute Gasteiger partial charge is 0.700 e. The Bertz CT molecular complexity index is 904. The number of nitrogens with zero attached hydrogens (tertiary/aromatic N) is 4. The Balaban J connectivity index is 1.63. The van der Waals surface area contributed by atoms with E-state index in [1.807, 2.05) is 0 Å². The molecular weight excluding hydrogens is 439 g/mol. The Labute approximate surface area is 163 Å². The predicted octanol–water partition coefficient (Wildman–Crippen LogP) is -0.320. The summed E-state index contributed by atoms with van der Waals surface area (Å²) in [5, 5.41) is 20.1. The molecule has 3 heterocycles. The molecule has 14 nitrogen and oxygen atoms in total. The number of rotatable bonds is 9. The van der Waals surface area contributed by atoms with Crippen LogP contribution in [0.15, 0.2) is 12.7 Å². The van der Waals surface area contributed by atoms with Crippen LogP contribution in [0.4, 0.5) is 10.2 Å². The predicted molar refractivity (Wildman–Crippen MR) is 91.0 cm³/mol. The van der Waals surface area contributed by atoms with Crippen LogP contribution < -0.4 is 5.73 Å². The minimum absolute atomic E-state index is 0.0711. The van der Waals surface area contributed by atoms with Gasteiger partial charge in [-0.15, -0.1) is 13.9 Å². The van der Waals surface area contributed by atoms with Crippen molar-refractivity contribution in [2.45, 2.75) is 30.9 Å². The molecule has 0 amide bonds. The molecule has 3 rings (SSSR count). The van der Waals surface area contributed by atoms with Crippen LogP contribution in [-0.2, 0) is 27.4 Å². The van der Waals surface area contributed by atoms with Crippen molar-refractivity contribution in [3.8, 4) is 0 Å². The third-order valence-corrected chi connectivity index (χ3v) is 5.03. The molecule has 0 radical (unpaired) electrons. The molecule has 1 saturated heterocycles. The van der Waals surface area contributed by atoms with E-state index in [0.29, 0.717) is 0 Å². The highest BCUT2D eigenvalue weighted by Crippen LogP contribution is 2.37. The topological polar surface area (TPSA) is 201 Å². The Kier molecular flexibility index (Phi) is 7.05. The molecule has 17 heteroatoms. The summed E-state index contributed by atoms with van der Waals surface area (Å²) in [4.78, 5) is 20.1. The van der Waals surface area contributed by atoms with Crippen LogP contribution in [0.25, 0.3) is 11.2 Å². The zero-order valence-electron chi connectivity index (χ0n) is 14.4. The summed E-state index contributed by atoms with van der Waals surface area (Å²) in [6.45, 7) is -0.751. The Morgan fingerprint density at radius 2 is 2.03 bits per heavy atom. The quantitative estimate of drug-likeness (QED) is 0.218. The van der Waals surface area contributed by atoms with Crippen molar-refractivity contribution >= 4 is 33.5 Å². The van der Waals surface area contributed by atoms with Crippen molar-refractivity contribution in [3.05, 3.63) is 12.7 Å². The number of aromatic nitrogens is 4. The summed E-state index contributed by atoms with van der Waals surface area (Å²) in [6.07, 6.45) is -6.59. The van der Waals surface area contributed by atoms with Gasteiger partial charge in [0.1, 0.15) is 37.3 Å². The maximum atomic E-state index is 14.5. The van der Waals surface area contributed by atoms with Crippen molar-refractivity contribution in [1.29, 1.82) is 0 Å². The van der Waals surface area contributed by atoms with Crippen LogP contribution in [0, 0.1) is 0 Å². The van der Waals surface area contributed by atoms with Crippen molar-refractivity contribution in [2.75, 3.05) is 18.9 Å². The van der Waals surface area contributed by atoms with Crippen LogP contribution in [0.1, 0.15) is 6.23 Å². The highest BCUT2D eigenvalue weighted by Gasteiger charge is 2.51. The first-order valence-corrected chi connectivity index (χ1v) is 10.2. The maximum Gasteiger partial charge on any atom is 0.700 e. The van der Waals surface area contributed by atoms with Gasteiger partial charge < -0.3 is 20.7 Å². The number of halogens is 1. The normalized spacial score (nSPS) is 26.6. The average molecular weight is 455 g/mol. The van der Waals surface area contributed by atoms with E-state index >= 15 is 0 Å². The highest BCUT2D eigenvalue weighted by molar-refractivity contribution is 7.33. The number of aliphatic hydroxyl groups excluding tert-OH is 2. The van der Waals surface area contributed by atoms with Crippen LogP contribution in [-0.4, -0.2) is 72.5 Å². The Hall–Kier alpha value is -1.80. The van der Waals surface area contributed by atoms with E-state index in [0.717, 1.165) is 6.33 Å². The lowest BCUT2D eigenvalue weighted by Gasteiger charge is -2.16. The van der Waals surface area contributed by atoms with Crippen LogP contribution >= 0.6 is 16.5 Å². The van der Waals surface area contributed by atoms with E-state index in [1.54, 1.807) is 0 Å². The first-order chi connectivity index (χ1) is 13.8. The molecule has 0 bridgehead atoms. The minimum atomic E-state index is -2.93. The second-order valence-corrected chi connectivity index (χ2v) is 7.28. The number of anilines is 1. The van der Waals surface area contributed by atoms with Gasteiger partial charge in [0.15, 0.2) is 23.9 Å². The number of hydrogen-bond acceptors (Lipinski definition) is 12. The summed E-state index contributed by atoms with van der Waals surface area (Å²) < 4.78 is 56.5. The second kappa shape index (κ2) is 9.34. The SMILES string of the molecule is Nc1ncnc2c1ncn2[C@@H]1O[C@H](C(O)O[P+](=O)OCCO[P+](=O)O)[C@@H](F)[C@H]1O. The number of alkyl halides is 1. The Morgan fingerprint density at radius 3 is 2.76 bits per heavy atom. The first kappa shape index (κ1) is 21.9. The third kappa shape index (κ3) is 4.86. The number of ether oxygens (including phenoxy) is 1. The molecule has 1 aliphatic rings. The van der Waals surface area contributed by atoms with Crippen molar-refractivity contribution in [2.24, 2.45) is 0 Å². The first-order valence-electron chi connectivity index (χ1n) is 7.94. The summed E-state index contributed by atoms with van der Waals surface area (Å²) in [7, 11) is -5.77. The van der Waals surface area contributed by atoms with Gasteiger partial charge in [-0.2, -0.15) is 0 Å². The fraction of sp³-hybridized carbons (Fsp3) is 0.583. The minimum Gasteiger partial charge on any atom is -0.385 e. The van der Waals surface area contributed by atoms with E-state index in [4.69, 9.17) is 15.4 Å². The molecule has 1 fully saturated rings. The van der Waals surface area contributed by atoms with Gasteiger partial charge in [-0.3, -0.25) is 4.57 Å². The molecular formula is C12H16FN5O9P2+2. The number of fused-ring (bicyclic) bond motifs is 1. The number of nitrogens with two attached hydrogens (primary N) is 1. The number of aliphatic hydroxyl groups is 2. The fourth-order valence-electron chi connectivity index (χ4n) is 2.58. The highest BCUT2D eigenvalue weighted by atomic mass is 31.1. The average Bonchev–Trinajstić information content (AvgIpc) is 3.21. The lowest BCUT2D eigenvalue weighted by Crippen LogP contribution is -2.36. The molecule has 29 heavy (non-hydrogen) atoms. The summed E-state index contributed by atoms with van der Waals surface area (Å²) in [6, 6.07) is 0. The van der Waals surface area contributed by atoms with Crippen molar-refractivity contribution in [1.82, 2.24) is 19.5 Å². The zero-order valence-corrected chi connectivity index (χ0v) is 16.2. The smallest absolute Gasteiger partial charge is 0.385 e. The van der Waals surface area contributed by atoms with E-state index in [2.05, 4.69) is 28.5 Å². The van der Waals surface area contributed by atoms with Gasteiger partial charge in [-0.1, -0.05) is 4.52 Å². The van der Waals surface area contributed by atoms with E-state index in [1.165, 1.54) is 10.9 Å². The van der Waals surface area contributed by atoms with Gasteiger partial charge >= 0.3 is 16.5 Å². The number of nitrogen functional groups attached to an aromatic ring is 1. The molecule has 1 aliphatic heterocycles. The monoisotopic (exact) mass is 455 g/mol. The Morgan fingerprint density at radius 1 is 1.31 bits per heavy atom. The standard InChI is InChI=1S/C12H15FN5O9P2/c13-5-7(19)11(18-4-17-6-9(14)15-3-16-10(6)18)26-8(5)12(20)27-29(23)25-2-1-24-28(21)22/h3-5,7-8,11-12,19-20H,1-2H2,(H2-,14,15,16,21,22)/q+1/p+1/t5-,7+,8-,11+,12?/m0/s1.